The van der Waals surface area contributed by atoms with Gasteiger partial charge in [-0.15, -0.1) is 10.2 Å². The summed E-state index contributed by atoms with van der Waals surface area (Å²) >= 11 is 1.21. The first-order valence-electron chi connectivity index (χ1n) is 12.2. The average Bonchev–Trinajstić information content (AvgIpc) is 3.64. The highest BCUT2D eigenvalue weighted by atomic mass is 32.2. The highest BCUT2D eigenvalue weighted by Crippen LogP contribution is 2.35. The Hall–Kier alpha value is -4.43. The van der Waals surface area contributed by atoms with Crippen molar-refractivity contribution in [3.05, 3.63) is 108 Å². The first-order valence-corrected chi connectivity index (χ1v) is 13.2. The summed E-state index contributed by atoms with van der Waals surface area (Å²) in [4.78, 5) is 13.5. The van der Waals surface area contributed by atoms with E-state index in [-0.39, 0.29) is 17.7 Å². The van der Waals surface area contributed by atoms with Gasteiger partial charge < -0.3 is 9.15 Å². The third-order valence-corrected chi connectivity index (χ3v) is 7.30. The minimum atomic E-state index is -0.224. The van der Waals surface area contributed by atoms with Crippen LogP contribution in [-0.2, 0) is 4.79 Å². The Kier molecular flexibility index (Phi) is 6.62. The van der Waals surface area contributed by atoms with Crippen molar-refractivity contribution >= 4 is 34.2 Å². The molecular formula is C30H24N4O3S. The van der Waals surface area contributed by atoms with Crippen LogP contribution in [0.1, 0.15) is 23.6 Å². The third-order valence-electron chi connectivity index (χ3n) is 6.50. The van der Waals surface area contributed by atoms with Crippen LogP contribution in [-0.4, -0.2) is 39.7 Å². The summed E-state index contributed by atoms with van der Waals surface area (Å²) in [5.74, 6) is 1.18. The molecule has 1 aliphatic heterocycles. The first-order chi connectivity index (χ1) is 18.7. The van der Waals surface area contributed by atoms with E-state index in [0.717, 1.165) is 33.5 Å². The predicted octanol–water partition coefficient (Wildman–Crippen LogP) is 6.37. The fourth-order valence-electron chi connectivity index (χ4n) is 4.52. The van der Waals surface area contributed by atoms with E-state index in [2.05, 4.69) is 40.5 Å². The maximum Gasteiger partial charge on any atom is 0.277 e. The smallest absolute Gasteiger partial charge is 0.277 e. The predicted molar refractivity (Wildman–Crippen MR) is 148 cm³/mol. The number of aromatic nitrogens is 2. The van der Waals surface area contributed by atoms with Gasteiger partial charge in [0.15, 0.2) is 0 Å². The lowest BCUT2D eigenvalue weighted by molar-refractivity contribution is -0.130. The number of rotatable bonds is 7. The molecule has 7 nitrogen and oxygen atoms in total. The van der Waals surface area contributed by atoms with E-state index in [1.807, 2.05) is 66.7 Å². The van der Waals surface area contributed by atoms with Gasteiger partial charge in [0.2, 0.25) is 5.89 Å². The Morgan fingerprint density at radius 2 is 1.68 bits per heavy atom. The summed E-state index contributed by atoms with van der Waals surface area (Å²) in [6, 6.07) is 31.6. The van der Waals surface area contributed by atoms with Crippen molar-refractivity contribution in [1.82, 2.24) is 15.2 Å². The van der Waals surface area contributed by atoms with Crippen molar-refractivity contribution in [2.75, 3.05) is 12.9 Å². The number of ether oxygens (including phenoxy) is 1. The van der Waals surface area contributed by atoms with Crippen molar-refractivity contribution < 1.29 is 13.9 Å². The van der Waals surface area contributed by atoms with Gasteiger partial charge in [-0.25, -0.2) is 5.01 Å². The standard InChI is InChI=1S/C30H24N4O3S/c1-36-25-15-13-21(14-16-25)27-18-26(24-12-11-20-7-5-6-10-23(20)17-24)33-34(27)28(35)19-38-30-32-31-29(37-30)22-8-3-2-4-9-22/h2-17,27H,18-19H2,1H3/t27-/m1/s1. The Morgan fingerprint density at radius 1 is 0.921 bits per heavy atom. The normalized spacial score (nSPS) is 15.0. The van der Waals surface area contributed by atoms with Crippen LogP contribution in [0.3, 0.4) is 0 Å². The van der Waals surface area contributed by atoms with Crippen molar-refractivity contribution in [2.45, 2.75) is 17.7 Å². The van der Waals surface area contributed by atoms with Gasteiger partial charge in [0.25, 0.3) is 11.1 Å². The molecule has 38 heavy (non-hydrogen) atoms. The molecule has 0 bridgehead atoms. The lowest BCUT2D eigenvalue weighted by atomic mass is 9.97. The molecule has 0 saturated heterocycles. The Balaban J connectivity index is 1.25. The molecule has 5 aromatic rings. The molecule has 0 aliphatic carbocycles. The Bertz CT molecular complexity index is 1620. The zero-order valence-corrected chi connectivity index (χ0v) is 21.5. The number of hydrogen-bond donors (Lipinski definition) is 0. The van der Waals surface area contributed by atoms with E-state index in [1.165, 1.54) is 17.1 Å². The minimum Gasteiger partial charge on any atom is -0.497 e. The van der Waals surface area contributed by atoms with Crippen LogP contribution in [0.15, 0.2) is 112 Å². The van der Waals surface area contributed by atoms with Crippen LogP contribution in [0.4, 0.5) is 0 Å². The van der Waals surface area contributed by atoms with Crippen LogP contribution in [0, 0.1) is 0 Å². The largest absolute Gasteiger partial charge is 0.497 e. The van der Waals surface area contributed by atoms with Crippen LogP contribution < -0.4 is 4.74 Å². The first kappa shape index (κ1) is 23.9. The molecule has 188 valence electrons. The van der Waals surface area contributed by atoms with Gasteiger partial charge in [0, 0.05) is 12.0 Å². The number of carbonyl (C=O) groups is 1. The molecule has 2 heterocycles. The second-order valence-electron chi connectivity index (χ2n) is 8.87. The number of benzene rings is 4. The molecular weight excluding hydrogens is 496 g/mol. The molecule has 1 amide bonds. The zero-order chi connectivity index (χ0) is 25.9. The van der Waals surface area contributed by atoms with E-state index >= 15 is 0 Å². The van der Waals surface area contributed by atoms with Gasteiger partial charge in [0.05, 0.1) is 24.6 Å². The van der Waals surface area contributed by atoms with Gasteiger partial charge in [-0.1, -0.05) is 78.5 Å². The highest BCUT2D eigenvalue weighted by molar-refractivity contribution is 7.99. The van der Waals surface area contributed by atoms with Gasteiger partial charge in [-0.2, -0.15) is 5.10 Å². The second kappa shape index (κ2) is 10.5. The summed E-state index contributed by atoms with van der Waals surface area (Å²) in [5.41, 5.74) is 3.71. The summed E-state index contributed by atoms with van der Waals surface area (Å²) in [7, 11) is 1.64. The van der Waals surface area contributed by atoms with Gasteiger partial charge in [0.1, 0.15) is 5.75 Å². The maximum absolute atomic E-state index is 13.5. The molecule has 0 fully saturated rings. The molecule has 4 aromatic carbocycles. The number of carbonyl (C=O) groups excluding carboxylic acids is 1. The SMILES string of the molecule is COc1ccc([C@H]2CC(c3ccc4ccccc4c3)=NN2C(=O)CSc2nnc(-c3ccccc3)o2)cc1. The molecule has 0 spiro atoms. The summed E-state index contributed by atoms with van der Waals surface area (Å²) in [6.45, 7) is 0. The van der Waals surface area contributed by atoms with Gasteiger partial charge >= 0.3 is 0 Å². The number of nitrogens with zero attached hydrogens (tertiary/aromatic N) is 4. The lowest BCUT2D eigenvalue weighted by Gasteiger charge is -2.22. The zero-order valence-electron chi connectivity index (χ0n) is 20.7. The maximum atomic E-state index is 13.5. The number of fused-ring (bicyclic) bond motifs is 1. The summed E-state index contributed by atoms with van der Waals surface area (Å²) in [6.07, 6.45) is 0.611. The van der Waals surface area contributed by atoms with Crippen LogP contribution in [0.5, 0.6) is 5.75 Å². The molecule has 1 aromatic heterocycles. The van der Waals surface area contributed by atoms with E-state index < -0.39 is 0 Å². The fourth-order valence-corrected chi connectivity index (χ4v) is 5.14. The van der Waals surface area contributed by atoms with Crippen LogP contribution >= 0.6 is 11.8 Å². The van der Waals surface area contributed by atoms with Crippen molar-refractivity contribution in [2.24, 2.45) is 5.10 Å². The van der Waals surface area contributed by atoms with Crippen molar-refractivity contribution in [1.29, 1.82) is 0 Å². The molecule has 0 saturated carbocycles. The number of amides is 1. The van der Waals surface area contributed by atoms with E-state index in [4.69, 9.17) is 14.3 Å². The monoisotopic (exact) mass is 520 g/mol. The molecule has 1 atom stereocenters. The quantitative estimate of drug-likeness (QED) is 0.232. The highest BCUT2D eigenvalue weighted by Gasteiger charge is 2.33. The molecule has 0 unspecified atom stereocenters. The van der Waals surface area contributed by atoms with Crippen molar-refractivity contribution in [3.8, 4) is 17.2 Å². The number of methoxy groups -OCH3 is 1. The van der Waals surface area contributed by atoms with Crippen LogP contribution in [0.25, 0.3) is 22.2 Å². The number of hydrogen-bond acceptors (Lipinski definition) is 7. The number of thioether (sulfide) groups is 1. The Labute approximate surface area is 224 Å². The van der Waals surface area contributed by atoms with E-state index in [1.54, 1.807) is 12.1 Å². The summed E-state index contributed by atoms with van der Waals surface area (Å²) < 4.78 is 11.1. The lowest BCUT2D eigenvalue weighted by Crippen LogP contribution is -2.28. The van der Waals surface area contributed by atoms with Gasteiger partial charge in [-0.3, -0.25) is 4.79 Å². The number of hydrazone groups is 1. The molecule has 6 rings (SSSR count). The molecule has 0 N–H and O–H groups in total. The topological polar surface area (TPSA) is 80.8 Å². The van der Waals surface area contributed by atoms with E-state index in [0.29, 0.717) is 17.5 Å². The van der Waals surface area contributed by atoms with E-state index in [9.17, 15) is 4.79 Å². The molecule has 8 heteroatoms. The third kappa shape index (κ3) is 4.90. The van der Waals surface area contributed by atoms with Gasteiger partial charge in [-0.05, 0) is 52.2 Å². The summed E-state index contributed by atoms with van der Waals surface area (Å²) in [5, 5.41) is 17.3. The molecule has 0 radical (unpaired) electrons. The molecule has 1 aliphatic rings. The Morgan fingerprint density at radius 3 is 2.47 bits per heavy atom. The van der Waals surface area contributed by atoms with Crippen molar-refractivity contribution in [3.63, 3.8) is 0 Å². The van der Waals surface area contributed by atoms with Crippen LogP contribution in [0.2, 0.25) is 0 Å². The average molecular weight is 521 g/mol. The minimum absolute atomic E-state index is 0.123. The fraction of sp³-hybridized carbons (Fsp3) is 0.133. The second-order valence-corrected chi connectivity index (χ2v) is 9.79.